The summed E-state index contributed by atoms with van der Waals surface area (Å²) in [4.78, 5) is 30.4. The van der Waals surface area contributed by atoms with Crippen LogP contribution in [0.1, 0.15) is 31.0 Å². The molecule has 10 nitrogen and oxygen atoms in total. The van der Waals surface area contributed by atoms with E-state index in [0.29, 0.717) is 38.4 Å². The van der Waals surface area contributed by atoms with Crippen LogP contribution < -0.4 is 10.6 Å². The molecule has 1 fully saturated rings. The van der Waals surface area contributed by atoms with Crippen LogP contribution in [0, 0.1) is 5.92 Å². The maximum Gasteiger partial charge on any atom is 0.225 e. The summed E-state index contributed by atoms with van der Waals surface area (Å²) in [5, 5.41) is 28.4. The zero-order valence-corrected chi connectivity index (χ0v) is 21.5. The van der Waals surface area contributed by atoms with Crippen LogP contribution in [-0.4, -0.2) is 59.9 Å². The van der Waals surface area contributed by atoms with Crippen molar-refractivity contribution in [2.75, 3.05) is 12.4 Å². The van der Waals surface area contributed by atoms with Gasteiger partial charge >= 0.3 is 0 Å². The summed E-state index contributed by atoms with van der Waals surface area (Å²) in [5.74, 6) is -0.315. The Kier molecular flexibility index (Phi) is 7.00. The summed E-state index contributed by atoms with van der Waals surface area (Å²) in [6, 6.07) is 8.36. The number of aromatic nitrogens is 5. The highest BCUT2D eigenvalue weighted by molar-refractivity contribution is 6.31. The molecule has 0 spiro atoms. The molecule has 1 unspecified atom stereocenters. The first-order valence-corrected chi connectivity index (χ1v) is 12.5. The van der Waals surface area contributed by atoms with Crippen LogP contribution in [0.5, 0.6) is 0 Å². The first-order valence-electron chi connectivity index (χ1n) is 11.7. The van der Waals surface area contributed by atoms with E-state index in [1.807, 2.05) is 31.2 Å². The van der Waals surface area contributed by atoms with Gasteiger partial charge in [0.2, 0.25) is 5.91 Å². The molecule has 1 saturated carbocycles. The first kappa shape index (κ1) is 25.3. The van der Waals surface area contributed by atoms with E-state index in [0.717, 1.165) is 5.56 Å². The number of carbonyl (C=O) groups excluding carboxylic acids is 1. The Morgan fingerprint density at radius 3 is 2.68 bits per heavy atom. The molecule has 0 bridgehead atoms. The van der Waals surface area contributed by atoms with Crippen LogP contribution in [0.25, 0.3) is 22.6 Å². The zero-order chi connectivity index (χ0) is 26.3. The molecule has 0 saturated heterocycles. The molecule has 192 valence electrons. The molecular weight excluding hydrogens is 517 g/mol. The number of halogens is 2. The van der Waals surface area contributed by atoms with E-state index < -0.39 is 24.2 Å². The summed E-state index contributed by atoms with van der Waals surface area (Å²) in [6.07, 6.45) is 2.46. The lowest BCUT2D eigenvalue weighted by Crippen LogP contribution is -2.36. The largest absolute Gasteiger partial charge is 0.390 e. The summed E-state index contributed by atoms with van der Waals surface area (Å²) >= 11 is 12.6. The third kappa shape index (κ3) is 4.73. The average molecular weight is 542 g/mol. The van der Waals surface area contributed by atoms with E-state index in [2.05, 4.69) is 20.6 Å². The van der Waals surface area contributed by atoms with Crippen LogP contribution in [0.4, 0.5) is 5.82 Å². The van der Waals surface area contributed by atoms with Gasteiger partial charge in [0.05, 0.1) is 35.5 Å². The first-order chi connectivity index (χ1) is 17.8. The fraction of sp³-hybridized carbons (Fsp3) is 0.320. The minimum atomic E-state index is -1.22. The zero-order valence-electron chi connectivity index (χ0n) is 20.0. The SMILES string of the molecule is CNC(=O)[C@H]1C[C@@H](n2cnc3c(NC(C)c4ccccc4Cl)nc(-c4cncc(Cl)c4)nc32)[C@H](O)[C@@H]1O. The number of hydrogen-bond acceptors (Lipinski definition) is 8. The second-order valence-electron chi connectivity index (χ2n) is 9.00. The summed E-state index contributed by atoms with van der Waals surface area (Å²) in [6.45, 7) is 1.96. The van der Waals surface area contributed by atoms with Crippen LogP contribution in [0.15, 0.2) is 49.1 Å². The van der Waals surface area contributed by atoms with Gasteiger partial charge in [-0.2, -0.15) is 0 Å². The number of fused-ring (bicyclic) bond motifs is 1. The average Bonchev–Trinajstić information content (AvgIpc) is 3.44. The van der Waals surface area contributed by atoms with Crippen molar-refractivity contribution in [3.8, 4) is 11.4 Å². The van der Waals surface area contributed by atoms with E-state index in [1.54, 1.807) is 16.8 Å². The van der Waals surface area contributed by atoms with Crippen LogP contribution in [0.2, 0.25) is 10.0 Å². The maximum absolute atomic E-state index is 12.3. The van der Waals surface area contributed by atoms with Crippen molar-refractivity contribution in [3.05, 3.63) is 64.7 Å². The van der Waals surface area contributed by atoms with Gasteiger partial charge in [0, 0.05) is 30.0 Å². The Morgan fingerprint density at radius 2 is 1.95 bits per heavy atom. The van der Waals surface area contributed by atoms with Crippen LogP contribution in [-0.2, 0) is 4.79 Å². The van der Waals surface area contributed by atoms with Crippen molar-refractivity contribution in [1.82, 2.24) is 29.8 Å². The van der Waals surface area contributed by atoms with Crippen molar-refractivity contribution in [2.24, 2.45) is 5.92 Å². The molecule has 0 aliphatic heterocycles. The summed E-state index contributed by atoms with van der Waals surface area (Å²) in [7, 11) is 1.50. The van der Waals surface area contributed by atoms with Gasteiger partial charge in [0.15, 0.2) is 17.3 Å². The Hall–Kier alpha value is -3.31. The molecule has 5 atom stereocenters. The minimum absolute atomic E-state index is 0.213. The van der Waals surface area contributed by atoms with Gasteiger partial charge in [-0.3, -0.25) is 9.78 Å². The van der Waals surface area contributed by atoms with Crippen LogP contribution in [0.3, 0.4) is 0 Å². The molecule has 37 heavy (non-hydrogen) atoms. The topological polar surface area (TPSA) is 138 Å². The molecule has 1 amide bonds. The lowest BCUT2D eigenvalue weighted by molar-refractivity contribution is -0.128. The monoisotopic (exact) mass is 541 g/mol. The van der Waals surface area contributed by atoms with Crippen molar-refractivity contribution in [1.29, 1.82) is 0 Å². The molecule has 3 aromatic heterocycles. The molecule has 1 aliphatic rings. The lowest BCUT2D eigenvalue weighted by Gasteiger charge is -2.19. The number of aliphatic hydroxyl groups is 2. The third-order valence-electron chi connectivity index (χ3n) is 6.70. The Labute approximate surface area is 222 Å². The molecule has 1 aromatic carbocycles. The van der Waals surface area contributed by atoms with E-state index in [4.69, 9.17) is 33.2 Å². The van der Waals surface area contributed by atoms with Crippen molar-refractivity contribution in [3.63, 3.8) is 0 Å². The Morgan fingerprint density at radius 1 is 1.16 bits per heavy atom. The molecule has 4 N–H and O–H groups in total. The molecule has 1 aliphatic carbocycles. The van der Waals surface area contributed by atoms with Crippen molar-refractivity contribution in [2.45, 2.75) is 37.6 Å². The number of benzene rings is 1. The number of nitrogens with zero attached hydrogens (tertiary/aromatic N) is 5. The van der Waals surface area contributed by atoms with Gasteiger partial charge in [-0.05, 0) is 31.0 Å². The minimum Gasteiger partial charge on any atom is -0.390 e. The van der Waals surface area contributed by atoms with E-state index in [9.17, 15) is 15.0 Å². The van der Waals surface area contributed by atoms with Gasteiger partial charge in [-0.25, -0.2) is 15.0 Å². The Bertz CT molecular complexity index is 1460. The predicted octanol–water partition coefficient (Wildman–Crippen LogP) is 3.40. The van der Waals surface area contributed by atoms with E-state index in [1.165, 1.54) is 19.6 Å². The maximum atomic E-state index is 12.3. The molecule has 5 rings (SSSR count). The predicted molar refractivity (Wildman–Crippen MR) is 140 cm³/mol. The molecule has 0 radical (unpaired) electrons. The number of pyridine rings is 1. The van der Waals surface area contributed by atoms with Gasteiger partial charge in [-0.15, -0.1) is 0 Å². The highest BCUT2D eigenvalue weighted by atomic mass is 35.5. The van der Waals surface area contributed by atoms with Gasteiger partial charge < -0.3 is 25.4 Å². The number of carbonyl (C=O) groups is 1. The lowest BCUT2D eigenvalue weighted by atomic mass is 10.1. The number of rotatable bonds is 6. The third-order valence-corrected chi connectivity index (χ3v) is 7.25. The normalized spacial score (nSPS) is 22.2. The van der Waals surface area contributed by atoms with Crippen LogP contribution >= 0.6 is 23.2 Å². The number of anilines is 1. The summed E-state index contributed by atoms with van der Waals surface area (Å²) < 4.78 is 1.68. The number of aliphatic hydroxyl groups excluding tert-OH is 2. The molecule has 3 heterocycles. The van der Waals surface area contributed by atoms with Gasteiger partial charge in [-0.1, -0.05) is 41.4 Å². The van der Waals surface area contributed by atoms with Gasteiger partial charge in [0.25, 0.3) is 0 Å². The second kappa shape index (κ2) is 10.2. The fourth-order valence-corrected chi connectivity index (χ4v) is 5.24. The van der Waals surface area contributed by atoms with E-state index in [-0.39, 0.29) is 18.4 Å². The summed E-state index contributed by atoms with van der Waals surface area (Å²) in [5.41, 5.74) is 2.35. The smallest absolute Gasteiger partial charge is 0.225 e. The molecular formula is C25H25Cl2N7O3. The fourth-order valence-electron chi connectivity index (χ4n) is 4.76. The number of amides is 1. The number of hydrogen-bond donors (Lipinski definition) is 4. The van der Waals surface area contributed by atoms with Crippen molar-refractivity contribution >= 4 is 46.1 Å². The van der Waals surface area contributed by atoms with Gasteiger partial charge in [0.1, 0.15) is 11.6 Å². The highest BCUT2D eigenvalue weighted by Crippen LogP contribution is 2.38. The quantitative estimate of drug-likeness (QED) is 0.291. The standard InChI is InChI=1S/C25H25Cl2N7O3/c1-12(15-5-3-4-6-17(15)27)31-23-19-24(33-22(32-23)13-7-14(26)10-29-9-13)34(11-30-19)18-8-16(25(37)28-2)20(35)21(18)36/h3-7,9-12,16,18,20-21,35-36H,8H2,1-2H3,(H,28,37)(H,31,32,33)/t12?,16-,18+,20+,21-/m0/s1. The highest BCUT2D eigenvalue weighted by Gasteiger charge is 2.46. The number of imidazole rings is 1. The van der Waals surface area contributed by atoms with Crippen molar-refractivity contribution < 1.29 is 15.0 Å². The second-order valence-corrected chi connectivity index (χ2v) is 9.85. The Balaban J connectivity index is 1.62. The molecule has 4 aromatic rings. The number of nitrogens with one attached hydrogen (secondary N) is 2. The van der Waals surface area contributed by atoms with E-state index >= 15 is 0 Å². The molecule has 12 heteroatoms.